The van der Waals surface area contributed by atoms with Crippen molar-refractivity contribution in [2.24, 2.45) is 20.5 Å². The fourth-order valence-electron chi connectivity index (χ4n) is 10.9. The summed E-state index contributed by atoms with van der Waals surface area (Å²) in [4.78, 5) is 87.0. The van der Waals surface area contributed by atoms with E-state index >= 15 is 0 Å². The van der Waals surface area contributed by atoms with Gasteiger partial charge >= 0.3 is 0 Å². The normalized spacial score (nSPS) is 14.0. The number of thiazole rings is 2. The Balaban J connectivity index is 1.10. The molecule has 6 N–H and O–H groups in total. The molecule has 9 rings (SSSR count). The Morgan fingerprint density at radius 2 is 0.960 bits per heavy atom. The average molecular weight is 1450 g/mol. The predicted molar refractivity (Wildman–Crippen MR) is 388 cm³/mol. The van der Waals surface area contributed by atoms with Crippen LogP contribution in [-0.2, 0) is 39.4 Å². The Morgan fingerprint density at radius 3 is 1.30 bits per heavy atom. The molecule has 2 amide bonds. The number of hydrogen-bond acceptors (Lipinski definition) is 28. The highest BCUT2D eigenvalue weighted by Crippen LogP contribution is 2.45. The van der Waals surface area contributed by atoms with E-state index in [2.05, 4.69) is 51.1 Å². The highest BCUT2D eigenvalue weighted by Gasteiger charge is 2.27. The van der Waals surface area contributed by atoms with Gasteiger partial charge in [-0.05, 0) is 147 Å². The van der Waals surface area contributed by atoms with Gasteiger partial charge in [0.25, 0.3) is 32.1 Å². The molecule has 34 heteroatoms. The predicted octanol–water partition coefficient (Wildman–Crippen LogP) is 13.6. The molecule has 2 saturated heterocycles. The lowest BCUT2D eigenvalue weighted by Gasteiger charge is -2.27. The number of Topliss-reactive ketones (excluding diaryl/α,β-unsaturated/α-hetero) is 2. The second kappa shape index (κ2) is 33.5. The Kier molecular flexibility index (Phi) is 25.0. The van der Waals surface area contributed by atoms with Crippen molar-refractivity contribution < 1.29 is 54.6 Å². The van der Waals surface area contributed by atoms with Crippen LogP contribution >= 0.6 is 34.4 Å². The third kappa shape index (κ3) is 18.9. The minimum atomic E-state index is -4.59. The van der Waals surface area contributed by atoms with Gasteiger partial charge in [-0.15, -0.1) is 20.5 Å². The number of amides is 2. The number of rotatable bonds is 30. The van der Waals surface area contributed by atoms with Crippen LogP contribution in [0.15, 0.2) is 119 Å². The number of piperidine rings is 2. The number of ether oxygens (including phenoxy) is 2. The quantitative estimate of drug-likeness (QED) is 0.00608. The molecule has 524 valence electrons. The summed E-state index contributed by atoms with van der Waals surface area (Å²) >= 11 is 3.58. The van der Waals surface area contributed by atoms with Crippen LogP contribution < -0.4 is 50.3 Å². The number of aromatic nitrogens is 5. The van der Waals surface area contributed by atoms with Crippen LogP contribution in [0, 0.1) is 0 Å². The highest BCUT2D eigenvalue weighted by atomic mass is 32.2. The molecule has 2 aliphatic rings. The number of ketones is 2. The number of azo groups is 2. The van der Waals surface area contributed by atoms with E-state index in [1.165, 1.54) is 74.2 Å². The number of nitrogens with one attached hydrogen (secondary N) is 4. The Labute approximate surface area is 586 Å². The SMILES string of the molecule is CCSc1nc(Nc2cc(N(CC)CC)c(OC)cc2N=Nc2nc(N3CCCCC3)c(C=C(C(C)=O)C(=O)Nc3cccc(S(=O)(=O)O)c3)s2)nc(Nc2cc(N(CC)CC)c(OC)cc2N=Nc2nc(N3CCCCC3)c(C=C(C(C)=O)C(=O)Nc3cccc(S(=O)(=O)O)c3)s2)n1. The van der Waals surface area contributed by atoms with Gasteiger partial charge in [0, 0.05) is 75.9 Å². The zero-order chi connectivity index (χ0) is 71.1. The van der Waals surface area contributed by atoms with Crippen molar-refractivity contribution in [3.8, 4) is 11.5 Å². The van der Waals surface area contributed by atoms with E-state index in [4.69, 9.17) is 44.6 Å². The van der Waals surface area contributed by atoms with Gasteiger partial charge in [-0.1, -0.05) is 53.5 Å². The topological polar surface area (TPSA) is 370 Å². The van der Waals surface area contributed by atoms with E-state index < -0.39 is 53.4 Å². The fraction of sp³-hybridized carbons (Fsp3) is 0.369. The molecule has 5 heterocycles. The van der Waals surface area contributed by atoms with E-state index in [1.54, 1.807) is 26.4 Å². The smallest absolute Gasteiger partial charge is 0.294 e. The van der Waals surface area contributed by atoms with Crippen LogP contribution in [-0.4, -0.2) is 147 Å². The first-order valence-corrected chi connectivity index (χ1v) is 37.4. The molecular weight excluding hydrogens is 1370 g/mol. The van der Waals surface area contributed by atoms with Gasteiger partial charge in [-0.2, -0.15) is 41.8 Å². The summed E-state index contributed by atoms with van der Waals surface area (Å²) in [5.41, 5.74) is 2.46. The number of thioether (sulfide) groups is 1. The summed E-state index contributed by atoms with van der Waals surface area (Å²) in [6, 6.07) is 17.2. The summed E-state index contributed by atoms with van der Waals surface area (Å²) in [7, 11) is -6.07. The van der Waals surface area contributed by atoms with E-state index in [1.807, 2.05) is 46.8 Å². The van der Waals surface area contributed by atoms with Gasteiger partial charge in [-0.25, -0.2) is 0 Å². The third-order valence-electron chi connectivity index (χ3n) is 15.8. The molecule has 2 aliphatic heterocycles. The van der Waals surface area contributed by atoms with Crippen LogP contribution in [0.1, 0.15) is 96.7 Å². The Morgan fingerprint density at radius 1 is 0.566 bits per heavy atom. The minimum absolute atomic E-state index is 0.0372. The molecule has 29 nitrogen and oxygen atoms in total. The van der Waals surface area contributed by atoms with Crippen molar-refractivity contribution >= 4 is 169 Å². The van der Waals surface area contributed by atoms with Gasteiger partial charge in [0.1, 0.15) is 34.5 Å². The number of nitrogens with zero attached hydrogens (tertiary/aromatic N) is 13. The van der Waals surface area contributed by atoms with Crippen molar-refractivity contribution in [2.45, 2.75) is 102 Å². The number of anilines is 10. The molecule has 0 bridgehead atoms. The first-order valence-electron chi connectivity index (χ1n) is 31.9. The molecular formula is C65H77N17O12S5. The second-order valence-corrected chi connectivity index (χ2v) is 28.5. The van der Waals surface area contributed by atoms with Crippen LogP contribution in [0.2, 0.25) is 0 Å². The molecule has 99 heavy (non-hydrogen) atoms. The molecule has 7 aromatic rings. The zero-order valence-corrected chi connectivity index (χ0v) is 60.1. The second-order valence-electron chi connectivity index (χ2n) is 22.4. The minimum Gasteiger partial charge on any atom is -0.494 e. The highest BCUT2D eigenvalue weighted by molar-refractivity contribution is 7.99. The van der Waals surface area contributed by atoms with Crippen molar-refractivity contribution in [2.75, 3.05) is 113 Å². The first kappa shape index (κ1) is 73.9. The van der Waals surface area contributed by atoms with Gasteiger partial charge in [0.15, 0.2) is 16.7 Å². The number of carbonyl (C=O) groups is 4. The molecule has 3 aromatic heterocycles. The average Bonchev–Trinajstić information content (AvgIpc) is 1.73. The van der Waals surface area contributed by atoms with Gasteiger partial charge in [0.05, 0.1) is 67.7 Å². The molecule has 4 aromatic carbocycles. The molecule has 0 radical (unpaired) electrons. The molecule has 0 saturated carbocycles. The zero-order valence-electron chi connectivity index (χ0n) is 56.0. The lowest BCUT2D eigenvalue weighted by molar-refractivity contribution is -0.120. The summed E-state index contributed by atoms with van der Waals surface area (Å²) in [5.74, 6) is -0.00813. The Hall–Kier alpha value is -9.32. The van der Waals surface area contributed by atoms with Crippen LogP contribution in [0.25, 0.3) is 12.2 Å². The molecule has 0 unspecified atom stereocenters. The number of methoxy groups -OCH3 is 2. The van der Waals surface area contributed by atoms with Crippen molar-refractivity contribution in [3.63, 3.8) is 0 Å². The van der Waals surface area contributed by atoms with Crippen molar-refractivity contribution in [3.05, 3.63) is 93.7 Å². The van der Waals surface area contributed by atoms with E-state index in [0.29, 0.717) is 119 Å². The monoisotopic (exact) mass is 1450 g/mol. The lowest BCUT2D eigenvalue weighted by Crippen LogP contribution is -2.30. The van der Waals surface area contributed by atoms with E-state index in [9.17, 15) is 45.1 Å². The molecule has 0 aliphatic carbocycles. The summed E-state index contributed by atoms with van der Waals surface area (Å²) in [5, 5.41) is 31.6. The van der Waals surface area contributed by atoms with E-state index in [0.717, 1.165) is 84.7 Å². The fourth-order valence-corrected chi connectivity index (χ4v) is 14.2. The van der Waals surface area contributed by atoms with Crippen LogP contribution in [0.4, 0.5) is 79.3 Å². The summed E-state index contributed by atoms with van der Waals surface area (Å²) in [6.07, 6.45) is 8.40. The van der Waals surface area contributed by atoms with Crippen molar-refractivity contribution in [1.82, 2.24) is 24.9 Å². The lowest BCUT2D eigenvalue weighted by atomic mass is 10.1. The number of benzene rings is 4. The number of carbonyl (C=O) groups excluding carboxylic acids is 4. The van der Waals surface area contributed by atoms with Crippen molar-refractivity contribution in [1.29, 1.82) is 0 Å². The first-order chi connectivity index (χ1) is 47.4. The van der Waals surface area contributed by atoms with Gasteiger partial charge in [-0.3, -0.25) is 28.3 Å². The molecule has 2 fully saturated rings. The van der Waals surface area contributed by atoms with Gasteiger partial charge in [0.2, 0.25) is 22.2 Å². The van der Waals surface area contributed by atoms with Gasteiger partial charge < -0.3 is 50.3 Å². The van der Waals surface area contributed by atoms with Crippen LogP contribution in [0.5, 0.6) is 11.5 Å². The van der Waals surface area contributed by atoms with Crippen LogP contribution in [0.3, 0.4) is 0 Å². The van der Waals surface area contributed by atoms with E-state index in [-0.39, 0.29) is 44.7 Å². The summed E-state index contributed by atoms with van der Waals surface area (Å²) in [6.45, 7) is 17.6. The largest absolute Gasteiger partial charge is 0.494 e. The maximum atomic E-state index is 13.8. The summed E-state index contributed by atoms with van der Waals surface area (Å²) < 4.78 is 79.0. The maximum absolute atomic E-state index is 13.8. The molecule has 0 atom stereocenters. The maximum Gasteiger partial charge on any atom is 0.294 e. The standard InChI is InChI=1S/C65H77N17O12S5/c1-10-79(11-2)51-35-47(49(37-53(51)93-8)75-77-64-70-57(81-27-17-15-18-28-81)55(96-64)33-45(39(6)83)59(85)66-41-23-21-25-43(31-41)98(87,88)89)68-61-72-62(74-63(73-61)95-14-5)69-48-36-52(80(12-3)13-4)54(94-9)38-50(48)76-78-65-71-58(82-29-19-16-20-30-82)56(97-65)34-46(40(7)84)60(86)67-42-24-22-26-44(32-42)99(90,91)92/h21-26,31-38H,10-20,27-30H2,1-9H3,(H,66,85)(H,67,86)(H,87,88,89)(H,90,91,92)(H2,68,69,72,73,74). The number of hydrogen-bond donors (Lipinski definition) is 6. The molecule has 0 spiro atoms. The third-order valence-corrected chi connectivity index (χ3v) is 20.0. The Bertz CT molecular complexity index is 4230.